The van der Waals surface area contributed by atoms with E-state index in [0.29, 0.717) is 47.0 Å². The number of ether oxygens (including phenoxy) is 1. The molecule has 6 N–H and O–H groups in total. The van der Waals surface area contributed by atoms with Crippen molar-refractivity contribution in [3.63, 3.8) is 0 Å². The van der Waals surface area contributed by atoms with Crippen molar-refractivity contribution in [1.82, 2.24) is 35.4 Å². The van der Waals surface area contributed by atoms with Gasteiger partial charge < -0.3 is 46.2 Å². The van der Waals surface area contributed by atoms with E-state index in [1.807, 2.05) is 43.3 Å². The highest BCUT2D eigenvalue weighted by molar-refractivity contribution is 7.99. The Morgan fingerprint density at radius 1 is 1.04 bits per heavy atom. The minimum absolute atomic E-state index is 0.0268. The fourth-order valence-corrected chi connectivity index (χ4v) is 11.4. The van der Waals surface area contributed by atoms with Gasteiger partial charge in [-0.25, -0.2) is 19.3 Å². The van der Waals surface area contributed by atoms with Crippen molar-refractivity contribution in [3.05, 3.63) is 70.6 Å². The summed E-state index contributed by atoms with van der Waals surface area (Å²) < 4.78 is 21.1. The van der Waals surface area contributed by atoms with Gasteiger partial charge >= 0.3 is 0 Å². The fraction of sp³-hybridized carbons (Fsp3) is 0.549. The van der Waals surface area contributed by atoms with Crippen molar-refractivity contribution < 1.29 is 33.4 Å². The first-order valence-electron chi connectivity index (χ1n) is 24.7. The number of piperidine rings is 1. The quantitative estimate of drug-likeness (QED) is 0.0627. The van der Waals surface area contributed by atoms with E-state index in [9.17, 15) is 28.7 Å². The Morgan fingerprint density at radius 3 is 2.49 bits per heavy atom. The summed E-state index contributed by atoms with van der Waals surface area (Å²) in [5.41, 5.74) is 8.05. The highest BCUT2D eigenvalue weighted by Crippen LogP contribution is 2.41. The second-order valence-corrected chi connectivity index (χ2v) is 22.7. The number of nitrogens with two attached hydrogens (primary N) is 1. The summed E-state index contributed by atoms with van der Waals surface area (Å²) in [6, 6.07) is 9.36. The number of nitrogens with one attached hydrogen (secondary N) is 3. The zero-order chi connectivity index (χ0) is 50.5. The lowest BCUT2D eigenvalue weighted by atomic mass is 9.85. The molecule has 0 spiro atoms. The second kappa shape index (κ2) is 22.9. The minimum atomic E-state index is -1.97. The summed E-state index contributed by atoms with van der Waals surface area (Å²) in [4.78, 5) is 75.2. The van der Waals surface area contributed by atoms with E-state index in [2.05, 4.69) is 40.7 Å². The molecule has 8 rings (SSSR count). The molecule has 2 aromatic carbocycles. The van der Waals surface area contributed by atoms with Crippen LogP contribution < -0.4 is 31.3 Å². The predicted molar refractivity (Wildman–Crippen MR) is 274 cm³/mol. The number of likely N-dealkylation sites (tertiary alicyclic amines) is 2. The maximum atomic E-state index is 14.7. The van der Waals surface area contributed by atoms with E-state index < -0.39 is 47.0 Å². The summed E-state index contributed by atoms with van der Waals surface area (Å²) in [7, 11) is 0. The molecule has 4 amide bonds. The highest BCUT2D eigenvalue weighted by Gasteiger charge is 2.53. The van der Waals surface area contributed by atoms with Crippen molar-refractivity contribution in [2.45, 2.75) is 119 Å². The van der Waals surface area contributed by atoms with Crippen LogP contribution in [0.3, 0.4) is 0 Å². The van der Waals surface area contributed by atoms with Gasteiger partial charge in [0, 0.05) is 56.0 Å². The normalized spacial score (nSPS) is 20.7. The Labute approximate surface area is 428 Å². The molecule has 4 fully saturated rings. The number of carbonyl (C=O) groups excluding carboxylic acids is 4. The summed E-state index contributed by atoms with van der Waals surface area (Å²) in [6.45, 7) is 12.7. The molecule has 382 valence electrons. The monoisotopic (exact) mass is 1030 g/mol. The number of amides is 4. The van der Waals surface area contributed by atoms with Crippen molar-refractivity contribution >= 4 is 69.8 Å². The Bertz CT molecular complexity index is 2540. The fourth-order valence-electron chi connectivity index (χ4n) is 9.48. The number of halogens is 2. The highest BCUT2D eigenvalue weighted by atomic mass is 35.5. The van der Waals surface area contributed by atoms with E-state index in [1.165, 1.54) is 28.0 Å². The van der Waals surface area contributed by atoms with Crippen LogP contribution in [-0.2, 0) is 25.7 Å². The van der Waals surface area contributed by atoms with Crippen LogP contribution in [-0.4, -0.2) is 130 Å². The molecule has 0 radical (unpaired) electrons. The number of aryl methyl sites for hydroxylation is 1. The van der Waals surface area contributed by atoms with Gasteiger partial charge in [-0.3, -0.25) is 19.2 Å². The van der Waals surface area contributed by atoms with E-state index in [0.717, 1.165) is 90.8 Å². The smallest absolute Gasteiger partial charge is 0.258 e. The van der Waals surface area contributed by atoms with Crippen LogP contribution >= 0.6 is 34.7 Å². The summed E-state index contributed by atoms with van der Waals surface area (Å²) in [6.07, 6.45) is 6.83. The lowest BCUT2D eigenvalue weighted by molar-refractivity contribution is -0.145. The maximum Gasteiger partial charge on any atom is 0.258 e. The Balaban J connectivity index is 0.806. The third kappa shape index (κ3) is 13.2. The van der Waals surface area contributed by atoms with Crippen LogP contribution in [0.25, 0.3) is 10.4 Å². The average Bonchev–Trinajstić information content (AvgIpc) is 3.64. The molecule has 0 bridgehead atoms. The number of aliphatic hydroxyl groups is 1. The zero-order valence-electron chi connectivity index (χ0n) is 40.9. The zero-order valence-corrected chi connectivity index (χ0v) is 43.3. The van der Waals surface area contributed by atoms with Crippen LogP contribution in [0.4, 0.5) is 15.9 Å². The van der Waals surface area contributed by atoms with Crippen LogP contribution in [0.2, 0.25) is 5.02 Å². The number of benzene rings is 2. The molecular formula is C51H66ClFN10O6S2. The van der Waals surface area contributed by atoms with Gasteiger partial charge in [0.1, 0.15) is 28.7 Å². The third-order valence-electron chi connectivity index (χ3n) is 13.9. The Kier molecular flexibility index (Phi) is 16.9. The molecule has 2 aromatic heterocycles. The van der Waals surface area contributed by atoms with Gasteiger partial charge in [-0.05, 0) is 106 Å². The molecule has 5 heterocycles. The van der Waals surface area contributed by atoms with E-state index in [1.54, 1.807) is 38.7 Å². The minimum Gasteiger partial charge on any atom is -0.493 e. The first-order valence-corrected chi connectivity index (χ1v) is 26.7. The van der Waals surface area contributed by atoms with Gasteiger partial charge in [0.2, 0.25) is 17.7 Å². The predicted octanol–water partition coefficient (Wildman–Crippen LogP) is 6.62. The molecule has 20 heteroatoms. The van der Waals surface area contributed by atoms with Crippen LogP contribution in [0, 0.1) is 24.2 Å². The van der Waals surface area contributed by atoms with Crippen molar-refractivity contribution in [2.24, 2.45) is 23.0 Å². The summed E-state index contributed by atoms with van der Waals surface area (Å²) in [5.74, 6) is 0.290. The molecule has 71 heavy (non-hydrogen) atoms. The second-order valence-electron chi connectivity index (χ2n) is 20.4. The molecule has 3 saturated heterocycles. The van der Waals surface area contributed by atoms with Gasteiger partial charge in [-0.1, -0.05) is 62.3 Å². The number of aromatic nitrogens is 3. The number of anilines is 2. The summed E-state index contributed by atoms with van der Waals surface area (Å²) in [5, 5.41) is 20.5. The van der Waals surface area contributed by atoms with Crippen molar-refractivity contribution in [2.75, 3.05) is 62.6 Å². The number of alkyl halides is 1. The molecule has 4 aromatic rings. The maximum absolute atomic E-state index is 14.7. The molecule has 3 aliphatic heterocycles. The standard InChI is InChI=1S/C51H66ClFN10O6S2/c1-31-45(70-30-58-31)34-9-10-35(25-57-47(66)38-23-36(64)29-63(38)48(67)46(50(2,3)4)60-49(68)51(53)14-15-51)39(22-34)69-20-6-16-61-17-11-32(12-18-61)21-42(65)59-37-7-5-8-40(44(37)52)71-43-27-55-41(26-56-43)62-19-13-33(24-54)28-62/h5,7-10,22,26-27,30,32-33,36,38,46,64H,6,11-21,23-25,28-29,54H2,1-4H3,(H,57,66)(H,59,65)(H,60,68)/t33-,36-,38+,46-/m1/s1. The third-order valence-corrected chi connectivity index (χ3v) is 16.4. The lowest BCUT2D eigenvalue weighted by Crippen LogP contribution is -2.59. The van der Waals surface area contributed by atoms with Crippen LogP contribution in [0.1, 0.15) is 83.4 Å². The van der Waals surface area contributed by atoms with Gasteiger partial charge in [0.25, 0.3) is 5.91 Å². The SMILES string of the molecule is Cc1ncsc1-c1ccc(CNC(=O)[C@@H]2C[C@@H](O)CN2C(=O)[C@@H](NC(=O)C2(F)CC2)C(C)(C)C)c(OCCCN2CCC(CC(=O)Nc3cccc(Sc4cnc(N5CC[C@H](CN)C5)cn4)c3Cl)CC2)c1. The molecule has 4 atom stereocenters. The number of hydrogen-bond donors (Lipinski definition) is 5. The average molecular weight is 1030 g/mol. The lowest BCUT2D eigenvalue weighted by Gasteiger charge is -2.35. The number of rotatable bonds is 19. The molecular weight excluding hydrogens is 967 g/mol. The molecule has 0 unspecified atom stereocenters. The van der Waals surface area contributed by atoms with Gasteiger partial charge in [-0.2, -0.15) is 0 Å². The number of β-amino-alcohol motifs (C(OH)–C–C–N with tert-alkyl or cyclic N) is 1. The number of aliphatic hydroxyl groups excluding tert-OH is 1. The molecule has 1 saturated carbocycles. The van der Waals surface area contributed by atoms with E-state index >= 15 is 0 Å². The molecule has 1 aliphatic carbocycles. The van der Waals surface area contributed by atoms with Gasteiger partial charge in [-0.15, -0.1) is 11.3 Å². The largest absolute Gasteiger partial charge is 0.493 e. The Hall–Kier alpha value is -4.92. The number of carbonyl (C=O) groups is 4. The van der Waals surface area contributed by atoms with Crippen molar-refractivity contribution in [3.8, 4) is 16.2 Å². The molecule has 16 nitrogen and oxygen atoms in total. The topological polar surface area (TPSA) is 208 Å². The molecule has 4 aliphatic rings. The first-order chi connectivity index (χ1) is 34.0. The number of thiazole rings is 1. The van der Waals surface area contributed by atoms with E-state index in [4.69, 9.17) is 22.1 Å². The van der Waals surface area contributed by atoms with Gasteiger partial charge in [0.15, 0.2) is 5.67 Å². The van der Waals surface area contributed by atoms with Crippen LogP contribution in [0.5, 0.6) is 5.75 Å². The van der Waals surface area contributed by atoms with E-state index in [-0.39, 0.29) is 44.2 Å². The van der Waals surface area contributed by atoms with Crippen LogP contribution in [0.15, 0.2) is 64.2 Å². The summed E-state index contributed by atoms with van der Waals surface area (Å²) >= 11 is 9.75. The van der Waals surface area contributed by atoms with Crippen molar-refractivity contribution in [1.29, 1.82) is 0 Å². The Morgan fingerprint density at radius 2 is 1.82 bits per heavy atom. The van der Waals surface area contributed by atoms with Gasteiger partial charge in [0.05, 0.1) is 51.9 Å². The first kappa shape index (κ1) is 52.4. The number of hydrogen-bond acceptors (Lipinski definition) is 14. The number of nitrogens with zero attached hydrogens (tertiary/aromatic N) is 6.